The van der Waals surface area contributed by atoms with Gasteiger partial charge in [-0.3, -0.25) is 9.59 Å². The Morgan fingerprint density at radius 3 is 1.10 bits per heavy atom. The topological polar surface area (TPSA) is 443 Å². The number of nitrogens with one attached hydrogen (secondary N) is 2. The smallest absolute Gasteiger partial charge is 0.217 e. The summed E-state index contributed by atoms with van der Waals surface area (Å²) in [6, 6.07) is -3.07. The highest BCUT2D eigenvalue weighted by molar-refractivity contribution is 5.73. The molecule has 6 rings (SSSR count). The monoisotopic (exact) mass is 1010 g/mol. The van der Waals surface area contributed by atoms with Gasteiger partial charge in [0.1, 0.15) is 122 Å². The molecule has 6 aliphatic heterocycles. The molecule has 16 N–H and O–H groups in total. The molecule has 0 saturated carbocycles. The number of rotatable bonds is 14. The average molecular weight is 1010 g/mol. The second-order valence-corrected chi connectivity index (χ2v) is 18.2. The van der Waals surface area contributed by atoms with E-state index in [1.54, 1.807) is 0 Å². The van der Waals surface area contributed by atoms with Crippen molar-refractivity contribution >= 4 is 11.8 Å². The van der Waals surface area contributed by atoms with Crippen molar-refractivity contribution in [2.75, 3.05) is 13.2 Å². The van der Waals surface area contributed by atoms with Crippen LogP contribution in [0.15, 0.2) is 0 Å². The third-order valence-electron chi connectivity index (χ3n) is 13.1. The third kappa shape index (κ3) is 12.0. The van der Waals surface area contributed by atoms with Gasteiger partial charge in [-0.1, -0.05) is 0 Å². The van der Waals surface area contributed by atoms with Crippen LogP contribution >= 0.6 is 0 Å². The second-order valence-electron chi connectivity index (χ2n) is 18.2. The molecule has 0 aromatic rings. The maximum atomic E-state index is 12.3. The predicted octanol–water partition coefficient (Wildman–Crippen LogP) is -9.70. The van der Waals surface area contributed by atoms with E-state index in [-0.39, 0.29) is 0 Å². The normalized spacial score (nSPS) is 51.9. The zero-order valence-electron chi connectivity index (χ0n) is 38.3. The maximum Gasteiger partial charge on any atom is 0.217 e. The van der Waals surface area contributed by atoms with Crippen LogP contribution in [0, 0.1) is 0 Å². The van der Waals surface area contributed by atoms with Crippen LogP contribution in [-0.4, -0.2) is 281 Å². The maximum absolute atomic E-state index is 12.3. The Bertz CT molecular complexity index is 1660. The van der Waals surface area contributed by atoms with E-state index in [2.05, 4.69) is 10.6 Å². The Hall–Kier alpha value is -2.06. The number of carbonyl (C=O) groups excluding carboxylic acids is 2. The first kappa shape index (κ1) is 56.2. The Morgan fingerprint density at radius 1 is 0.377 bits per heavy atom. The molecule has 6 saturated heterocycles. The first-order chi connectivity index (χ1) is 32.4. The van der Waals surface area contributed by atoms with E-state index in [0.29, 0.717) is 0 Å². The van der Waals surface area contributed by atoms with Crippen LogP contribution in [0.25, 0.3) is 0 Å². The molecule has 6 fully saturated rings. The van der Waals surface area contributed by atoms with Gasteiger partial charge in [0.25, 0.3) is 0 Å². The summed E-state index contributed by atoms with van der Waals surface area (Å²) in [4.78, 5) is 24.3. The number of hydrogen-bond acceptors (Lipinski definition) is 27. The minimum atomic E-state index is -2.12. The van der Waals surface area contributed by atoms with Gasteiger partial charge in [0.05, 0.1) is 37.6 Å². The second kappa shape index (κ2) is 23.4. The number of hydrogen-bond donors (Lipinski definition) is 16. The van der Waals surface area contributed by atoms with Crippen molar-refractivity contribution in [3.63, 3.8) is 0 Å². The minimum absolute atomic E-state index is 0.695. The number of carbonyl (C=O) groups is 2. The zero-order chi connectivity index (χ0) is 51.1. The minimum Gasteiger partial charge on any atom is -0.394 e. The molecule has 0 aromatic carbocycles. The molecule has 69 heavy (non-hydrogen) atoms. The van der Waals surface area contributed by atoms with Gasteiger partial charge in [-0.25, -0.2) is 0 Å². The molecule has 0 radical (unpaired) electrons. The molecule has 400 valence electrons. The van der Waals surface area contributed by atoms with Gasteiger partial charge in [-0.15, -0.1) is 0 Å². The van der Waals surface area contributed by atoms with Crippen LogP contribution < -0.4 is 10.6 Å². The predicted molar refractivity (Wildman–Crippen MR) is 217 cm³/mol. The molecule has 6 aliphatic rings. The molecular formula is C40H68N2O27. The van der Waals surface area contributed by atoms with Gasteiger partial charge in [-0.05, 0) is 27.7 Å². The molecule has 6 heterocycles. The highest BCUT2D eigenvalue weighted by Crippen LogP contribution is 2.38. The van der Waals surface area contributed by atoms with Gasteiger partial charge in [0.2, 0.25) is 11.8 Å². The van der Waals surface area contributed by atoms with Crippen LogP contribution in [-0.2, 0) is 61.7 Å². The van der Waals surface area contributed by atoms with Crippen molar-refractivity contribution in [3.05, 3.63) is 0 Å². The summed E-state index contributed by atoms with van der Waals surface area (Å²) in [5.74, 6) is -1.42. The van der Waals surface area contributed by atoms with E-state index in [1.165, 1.54) is 27.7 Å². The Kier molecular flexibility index (Phi) is 19.1. The highest BCUT2D eigenvalue weighted by atomic mass is 16.8. The van der Waals surface area contributed by atoms with E-state index in [9.17, 15) is 81.1 Å². The van der Waals surface area contributed by atoms with Crippen LogP contribution in [0.1, 0.15) is 41.5 Å². The molecular weight excluding hydrogens is 940 g/mol. The summed E-state index contributed by atoms with van der Waals surface area (Å²) in [7, 11) is 0. The molecule has 0 bridgehead atoms. The summed E-state index contributed by atoms with van der Waals surface area (Å²) < 4.78 is 64.5. The van der Waals surface area contributed by atoms with E-state index in [4.69, 9.17) is 52.1 Å². The lowest BCUT2D eigenvalue weighted by molar-refractivity contribution is -0.405. The molecule has 0 aromatic heterocycles. The van der Waals surface area contributed by atoms with Crippen LogP contribution in [0.5, 0.6) is 0 Å². The Morgan fingerprint density at radius 2 is 0.696 bits per heavy atom. The van der Waals surface area contributed by atoms with Crippen molar-refractivity contribution in [3.8, 4) is 0 Å². The van der Waals surface area contributed by atoms with Crippen LogP contribution in [0.4, 0.5) is 0 Å². The van der Waals surface area contributed by atoms with Gasteiger partial charge < -0.3 is 134 Å². The quantitative estimate of drug-likeness (QED) is 0.0768. The number of aliphatic hydroxyl groups excluding tert-OH is 14. The molecule has 1 unspecified atom stereocenters. The van der Waals surface area contributed by atoms with E-state index < -0.39 is 209 Å². The molecule has 0 aliphatic carbocycles. The molecule has 30 atom stereocenters. The van der Waals surface area contributed by atoms with Crippen molar-refractivity contribution < 1.29 is 133 Å². The SMILES string of the molecule is CC(=O)N[C@H]1[C@H](O[C@@H]2[C@@H](O)[C@H](C)O[C@@H](O[C@@H]3[C@@H](O)[C@H](C)O[C@@H](O[C@H]4[C@H](O[C@@H]5[C@@H](O)[C@H](C)OC(O)[C@@H]5O)O[C@@H](C)[C@H](O)[C@H]4O[C@@H]4O[C@H](CO)[C@@H](O)[C@H](O)[C@H]4NC(C)=O)[C@@H]3O)[C@@H]2O)O[C@H](CO)[C@@H](O)[C@@H]1O. The van der Waals surface area contributed by atoms with Crippen LogP contribution in [0.3, 0.4) is 0 Å². The lowest BCUT2D eigenvalue weighted by atomic mass is 9.94. The average Bonchev–Trinajstić information content (AvgIpc) is 3.29. The molecule has 29 heteroatoms. The number of amides is 2. The van der Waals surface area contributed by atoms with Crippen molar-refractivity contribution in [1.29, 1.82) is 0 Å². The largest absolute Gasteiger partial charge is 0.394 e. The van der Waals surface area contributed by atoms with Crippen molar-refractivity contribution in [2.24, 2.45) is 0 Å². The van der Waals surface area contributed by atoms with Gasteiger partial charge in [-0.2, -0.15) is 0 Å². The zero-order valence-corrected chi connectivity index (χ0v) is 38.3. The fourth-order valence-corrected chi connectivity index (χ4v) is 9.06. The van der Waals surface area contributed by atoms with E-state index >= 15 is 0 Å². The Labute approximate surface area is 394 Å². The number of aliphatic hydroxyl groups is 14. The standard InChI is InChI=1S/C40H68N2O27/c1-9-19(47)30(27(55)35(58)59-9)67-40-34(33(22(50)12(4)62-40)68-37-18(42-14(6)46)26(54)24(52)16(8-44)64-37)69-39-29(57)32(21(49)11(3)61-39)66-38-28(56)31(20(48)10(2)60-38)65-36-17(41-13(5)45)25(53)23(51)15(7-43)63-36/h9-12,15-40,43-44,47-58H,7-8H2,1-6H3,(H,41,45)(H,42,46)/t9-,10-,11-,12-,15+,16+,17+,18+,19-,20-,21-,22-,23+,24+,25+,26+,27+,28+,29+,30+,31+,32+,33+,34+,35?,36-,37-,38-,39-,40-/m0/s1. The molecule has 2 amide bonds. The third-order valence-corrected chi connectivity index (χ3v) is 13.1. The van der Waals surface area contributed by atoms with Crippen molar-refractivity contribution in [2.45, 2.75) is 226 Å². The molecule has 29 nitrogen and oxygen atoms in total. The van der Waals surface area contributed by atoms with E-state index in [1.807, 2.05) is 0 Å². The summed E-state index contributed by atoms with van der Waals surface area (Å²) >= 11 is 0. The fraction of sp³-hybridized carbons (Fsp3) is 0.950. The lowest BCUT2D eigenvalue weighted by Crippen LogP contribution is -2.69. The summed E-state index contributed by atoms with van der Waals surface area (Å²) in [6.45, 7) is 5.87. The van der Waals surface area contributed by atoms with Crippen LogP contribution in [0.2, 0.25) is 0 Å². The summed E-state index contributed by atoms with van der Waals surface area (Å²) in [5.41, 5.74) is 0. The van der Waals surface area contributed by atoms with E-state index in [0.717, 1.165) is 13.8 Å². The number of ether oxygens (including phenoxy) is 11. The molecule has 0 spiro atoms. The van der Waals surface area contributed by atoms with Gasteiger partial charge in [0, 0.05) is 13.8 Å². The first-order valence-electron chi connectivity index (χ1n) is 22.5. The summed E-state index contributed by atoms with van der Waals surface area (Å²) in [6.07, 6.45) is -48.1. The first-order valence-corrected chi connectivity index (χ1v) is 22.5. The fourth-order valence-electron chi connectivity index (χ4n) is 9.06. The van der Waals surface area contributed by atoms with Crippen molar-refractivity contribution in [1.82, 2.24) is 10.6 Å². The Balaban J connectivity index is 1.29. The van der Waals surface area contributed by atoms with Gasteiger partial charge >= 0.3 is 0 Å². The highest BCUT2D eigenvalue weighted by Gasteiger charge is 2.58. The lowest BCUT2D eigenvalue weighted by Gasteiger charge is -2.51. The summed E-state index contributed by atoms with van der Waals surface area (Å²) in [5, 5.41) is 158. The van der Waals surface area contributed by atoms with Gasteiger partial charge in [0.15, 0.2) is 37.7 Å².